The Morgan fingerprint density at radius 3 is 2.41 bits per heavy atom. The molecular formula is C17H20ClNO3. The molecule has 0 aliphatic rings. The summed E-state index contributed by atoms with van der Waals surface area (Å²) in [6.45, 7) is 4.45. The molecule has 0 aromatic heterocycles. The van der Waals surface area contributed by atoms with Gasteiger partial charge in [0.2, 0.25) is 0 Å². The Balaban J connectivity index is 2.15. The second kappa shape index (κ2) is 7.27. The van der Waals surface area contributed by atoms with Crippen LogP contribution in [-0.2, 0) is 6.54 Å². The van der Waals surface area contributed by atoms with Crippen molar-refractivity contribution in [2.24, 2.45) is 0 Å². The highest BCUT2D eigenvalue weighted by molar-refractivity contribution is 6.31. The van der Waals surface area contributed by atoms with Crippen LogP contribution in [0.3, 0.4) is 0 Å². The highest BCUT2D eigenvalue weighted by Crippen LogP contribution is 2.34. The third-order valence-electron chi connectivity index (χ3n) is 3.05. The molecule has 2 aromatic carbocycles. The minimum atomic E-state index is 0.0472. The van der Waals surface area contributed by atoms with Crippen molar-refractivity contribution >= 4 is 17.3 Å². The first-order valence-corrected chi connectivity index (χ1v) is 7.43. The zero-order valence-electron chi connectivity index (χ0n) is 12.9. The SMILES string of the molecule is COc1cc(CNc2ccc(O)cc2)c(Cl)cc1OC(C)C. The van der Waals surface area contributed by atoms with E-state index in [1.807, 2.05) is 19.9 Å². The first kappa shape index (κ1) is 16.3. The second-order valence-electron chi connectivity index (χ2n) is 5.16. The van der Waals surface area contributed by atoms with E-state index in [1.54, 1.807) is 37.4 Å². The fraction of sp³-hybridized carbons (Fsp3) is 0.294. The molecule has 0 spiro atoms. The van der Waals surface area contributed by atoms with Gasteiger partial charge in [-0.05, 0) is 49.7 Å². The fourth-order valence-corrected chi connectivity index (χ4v) is 2.22. The van der Waals surface area contributed by atoms with E-state index in [-0.39, 0.29) is 11.9 Å². The van der Waals surface area contributed by atoms with Gasteiger partial charge in [0, 0.05) is 23.3 Å². The van der Waals surface area contributed by atoms with Crippen molar-refractivity contribution in [1.29, 1.82) is 0 Å². The van der Waals surface area contributed by atoms with Crippen LogP contribution in [0.25, 0.3) is 0 Å². The normalized spacial score (nSPS) is 10.6. The van der Waals surface area contributed by atoms with E-state index >= 15 is 0 Å². The molecular weight excluding hydrogens is 302 g/mol. The van der Waals surface area contributed by atoms with Gasteiger partial charge in [-0.25, -0.2) is 0 Å². The molecule has 0 atom stereocenters. The Morgan fingerprint density at radius 2 is 1.82 bits per heavy atom. The zero-order chi connectivity index (χ0) is 16.1. The topological polar surface area (TPSA) is 50.7 Å². The summed E-state index contributed by atoms with van der Waals surface area (Å²) in [5.41, 5.74) is 1.80. The fourth-order valence-electron chi connectivity index (χ4n) is 1.99. The molecule has 0 aliphatic heterocycles. The second-order valence-corrected chi connectivity index (χ2v) is 5.57. The molecule has 0 unspecified atom stereocenters. The number of nitrogens with one attached hydrogen (secondary N) is 1. The molecule has 5 heteroatoms. The maximum Gasteiger partial charge on any atom is 0.163 e. The number of anilines is 1. The van der Waals surface area contributed by atoms with Gasteiger partial charge in [0.25, 0.3) is 0 Å². The molecule has 4 nitrogen and oxygen atoms in total. The summed E-state index contributed by atoms with van der Waals surface area (Å²) in [4.78, 5) is 0. The molecule has 118 valence electrons. The number of aromatic hydroxyl groups is 1. The molecule has 2 N–H and O–H groups in total. The summed E-state index contributed by atoms with van der Waals surface area (Å²) in [5.74, 6) is 1.52. The van der Waals surface area contributed by atoms with Gasteiger partial charge >= 0.3 is 0 Å². The minimum Gasteiger partial charge on any atom is -0.508 e. The lowest BCUT2D eigenvalue weighted by atomic mass is 10.2. The number of ether oxygens (including phenoxy) is 2. The van der Waals surface area contributed by atoms with Crippen molar-refractivity contribution in [2.45, 2.75) is 26.5 Å². The number of hydrogen-bond donors (Lipinski definition) is 2. The Morgan fingerprint density at radius 1 is 1.14 bits per heavy atom. The number of phenolic OH excluding ortho intramolecular Hbond substituents is 1. The van der Waals surface area contributed by atoms with Crippen LogP contribution in [0.5, 0.6) is 17.2 Å². The van der Waals surface area contributed by atoms with Gasteiger partial charge in [-0.15, -0.1) is 0 Å². The monoisotopic (exact) mass is 321 g/mol. The van der Waals surface area contributed by atoms with Crippen molar-refractivity contribution in [2.75, 3.05) is 12.4 Å². The molecule has 0 amide bonds. The first-order valence-electron chi connectivity index (χ1n) is 7.05. The van der Waals surface area contributed by atoms with Gasteiger partial charge in [-0.3, -0.25) is 0 Å². The van der Waals surface area contributed by atoms with E-state index < -0.39 is 0 Å². The molecule has 0 saturated heterocycles. The number of rotatable bonds is 6. The molecule has 0 saturated carbocycles. The largest absolute Gasteiger partial charge is 0.508 e. The number of benzene rings is 2. The van der Waals surface area contributed by atoms with Gasteiger partial charge in [0.05, 0.1) is 13.2 Å². The number of halogens is 1. The van der Waals surface area contributed by atoms with E-state index in [9.17, 15) is 5.11 Å². The molecule has 0 bridgehead atoms. The summed E-state index contributed by atoms with van der Waals surface area (Å²) in [6.07, 6.45) is 0.0472. The van der Waals surface area contributed by atoms with E-state index in [2.05, 4.69) is 5.32 Å². The van der Waals surface area contributed by atoms with Crippen LogP contribution in [-0.4, -0.2) is 18.3 Å². The van der Waals surface area contributed by atoms with E-state index in [0.29, 0.717) is 23.1 Å². The van der Waals surface area contributed by atoms with Crippen molar-refractivity contribution in [3.05, 3.63) is 47.0 Å². The highest BCUT2D eigenvalue weighted by atomic mass is 35.5. The lowest BCUT2D eigenvalue weighted by molar-refractivity contribution is 0.230. The average Bonchev–Trinajstić information content (AvgIpc) is 2.47. The maximum absolute atomic E-state index is 9.28. The third-order valence-corrected chi connectivity index (χ3v) is 3.40. The molecule has 2 aromatic rings. The van der Waals surface area contributed by atoms with Crippen LogP contribution < -0.4 is 14.8 Å². The van der Waals surface area contributed by atoms with Crippen LogP contribution in [0.2, 0.25) is 5.02 Å². The third kappa shape index (κ3) is 4.21. The van der Waals surface area contributed by atoms with Gasteiger partial charge in [-0.2, -0.15) is 0 Å². The number of hydrogen-bond acceptors (Lipinski definition) is 4. The standard InChI is InChI=1S/C17H20ClNO3/c1-11(2)22-17-9-15(18)12(8-16(17)21-3)10-19-13-4-6-14(20)7-5-13/h4-9,11,19-20H,10H2,1-3H3. The predicted octanol–water partition coefficient (Wildman–Crippen LogP) is 4.45. The van der Waals surface area contributed by atoms with Crippen LogP contribution >= 0.6 is 11.6 Å². The molecule has 0 fully saturated rings. The summed E-state index contributed by atoms with van der Waals surface area (Å²) in [5, 5.41) is 13.1. The van der Waals surface area contributed by atoms with Gasteiger partial charge in [-0.1, -0.05) is 11.6 Å². The van der Waals surface area contributed by atoms with E-state index in [0.717, 1.165) is 11.3 Å². The predicted molar refractivity (Wildman–Crippen MR) is 89.2 cm³/mol. The van der Waals surface area contributed by atoms with Crippen molar-refractivity contribution in [3.8, 4) is 17.2 Å². The quantitative estimate of drug-likeness (QED) is 0.772. The average molecular weight is 322 g/mol. The Labute approximate surface area is 135 Å². The van der Waals surface area contributed by atoms with Gasteiger partial charge < -0.3 is 19.9 Å². The summed E-state index contributed by atoms with van der Waals surface area (Å²) in [7, 11) is 1.60. The summed E-state index contributed by atoms with van der Waals surface area (Å²) < 4.78 is 11.1. The number of methoxy groups -OCH3 is 1. The van der Waals surface area contributed by atoms with Crippen LogP contribution in [0, 0.1) is 0 Å². The molecule has 0 heterocycles. The van der Waals surface area contributed by atoms with Crippen molar-refractivity contribution in [3.63, 3.8) is 0 Å². The van der Waals surface area contributed by atoms with Crippen LogP contribution in [0.15, 0.2) is 36.4 Å². The maximum atomic E-state index is 9.28. The Kier molecular flexibility index (Phi) is 5.39. The first-order chi connectivity index (χ1) is 10.5. The number of phenols is 1. The van der Waals surface area contributed by atoms with E-state index in [1.165, 1.54) is 0 Å². The van der Waals surface area contributed by atoms with Gasteiger partial charge in [0.15, 0.2) is 11.5 Å². The van der Waals surface area contributed by atoms with Crippen molar-refractivity contribution in [1.82, 2.24) is 0 Å². The lowest BCUT2D eigenvalue weighted by Crippen LogP contribution is -2.08. The molecule has 22 heavy (non-hydrogen) atoms. The Bertz CT molecular complexity index is 627. The summed E-state index contributed by atoms with van der Waals surface area (Å²) >= 11 is 6.32. The minimum absolute atomic E-state index is 0.0472. The molecule has 2 rings (SSSR count). The summed E-state index contributed by atoms with van der Waals surface area (Å²) in [6, 6.07) is 10.5. The smallest absolute Gasteiger partial charge is 0.163 e. The van der Waals surface area contributed by atoms with Crippen LogP contribution in [0.4, 0.5) is 5.69 Å². The lowest BCUT2D eigenvalue weighted by Gasteiger charge is -2.16. The molecule has 0 radical (unpaired) electrons. The van der Waals surface area contributed by atoms with E-state index in [4.69, 9.17) is 21.1 Å². The Hall–Kier alpha value is -2.07. The van der Waals surface area contributed by atoms with Gasteiger partial charge in [0.1, 0.15) is 5.75 Å². The molecule has 0 aliphatic carbocycles. The van der Waals surface area contributed by atoms with Crippen molar-refractivity contribution < 1.29 is 14.6 Å². The van der Waals surface area contributed by atoms with Crippen LogP contribution in [0.1, 0.15) is 19.4 Å². The zero-order valence-corrected chi connectivity index (χ0v) is 13.6. The highest BCUT2D eigenvalue weighted by Gasteiger charge is 2.11.